The molecule has 1 saturated carbocycles. The molecular weight excluding hydrogens is 341 g/mol. The first-order valence-corrected chi connectivity index (χ1v) is 9.90. The van der Waals surface area contributed by atoms with Gasteiger partial charge in [-0.1, -0.05) is 25.1 Å². The number of carbonyl (C=O) groups is 1. The lowest BCUT2D eigenvalue weighted by Crippen LogP contribution is -2.30. The first kappa shape index (κ1) is 18.1. The molecule has 2 aromatic rings. The Kier molecular flexibility index (Phi) is 4.94. The minimum absolute atomic E-state index is 0.0394. The molecule has 1 aromatic heterocycles. The molecule has 0 radical (unpaired) electrons. The summed E-state index contributed by atoms with van der Waals surface area (Å²) < 4.78 is 14.4. The van der Waals surface area contributed by atoms with E-state index in [1.165, 1.54) is 0 Å². The lowest BCUT2D eigenvalue weighted by Gasteiger charge is -2.17. The smallest absolute Gasteiger partial charge is 0.227 e. The van der Waals surface area contributed by atoms with E-state index in [0.29, 0.717) is 35.3 Å². The number of halogens is 1. The molecule has 1 aliphatic heterocycles. The van der Waals surface area contributed by atoms with Gasteiger partial charge in [-0.05, 0) is 49.1 Å². The molecule has 3 unspecified atom stereocenters. The van der Waals surface area contributed by atoms with Crippen LogP contribution in [0.3, 0.4) is 0 Å². The van der Waals surface area contributed by atoms with Crippen molar-refractivity contribution in [1.29, 1.82) is 0 Å². The highest BCUT2D eigenvalue weighted by molar-refractivity contribution is 5.79. The molecule has 0 N–H and O–H groups in total. The molecule has 27 heavy (non-hydrogen) atoms. The van der Waals surface area contributed by atoms with E-state index in [1.54, 1.807) is 24.5 Å². The third kappa shape index (κ3) is 3.60. The Morgan fingerprint density at radius 3 is 2.81 bits per heavy atom. The summed E-state index contributed by atoms with van der Waals surface area (Å²) in [6, 6.07) is 5.36. The molecule has 5 heteroatoms. The summed E-state index contributed by atoms with van der Waals surface area (Å²) in [6.07, 6.45) is 6.47. The maximum absolute atomic E-state index is 14.4. The lowest BCUT2D eigenvalue weighted by atomic mass is 10.00. The first-order chi connectivity index (χ1) is 13.1. The number of amides is 1. The fraction of sp³-hybridized carbons (Fsp3) is 0.500. The Labute approximate surface area is 159 Å². The number of rotatable bonds is 5. The van der Waals surface area contributed by atoms with Gasteiger partial charge in [0.05, 0.1) is 17.8 Å². The maximum Gasteiger partial charge on any atom is 0.227 e. The molecule has 1 saturated heterocycles. The Balaban J connectivity index is 1.36. The number of aromatic nitrogens is 2. The standard InChI is InChI=1S/C22H26FN3O/c1-3-15-5-4-6-16(21(15)23)11-20(27)26-10-7-17(13-26)18-12-19(18)22-14(2)24-8-9-25-22/h4-6,8-9,17-19H,3,7,10-13H2,1-2H3. The first-order valence-electron chi connectivity index (χ1n) is 9.90. The normalized spacial score (nSPS) is 24.3. The predicted molar refractivity (Wildman–Crippen MR) is 102 cm³/mol. The van der Waals surface area contributed by atoms with Crippen molar-refractivity contribution in [3.8, 4) is 0 Å². The van der Waals surface area contributed by atoms with Crippen molar-refractivity contribution in [2.75, 3.05) is 13.1 Å². The van der Waals surface area contributed by atoms with Gasteiger partial charge in [0, 0.05) is 31.4 Å². The number of hydrogen-bond donors (Lipinski definition) is 0. The van der Waals surface area contributed by atoms with Crippen LogP contribution in [0.4, 0.5) is 4.39 Å². The largest absolute Gasteiger partial charge is 0.342 e. The summed E-state index contributed by atoms with van der Waals surface area (Å²) in [7, 11) is 0. The molecule has 2 aliphatic rings. The second-order valence-corrected chi connectivity index (χ2v) is 7.84. The van der Waals surface area contributed by atoms with Crippen LogP contribution in [0.5, 0.6) is 0 Å². The zero-order chi connectivity index (χ0) is 19.0. The molecule has 3 atom stereocenters. The van der Waals surface area contributed by atoms with Gasteiger partial charge in [0.15, 0.2) is 0 Å². The SMILES string of the molecule is CCc1cccc(CC(=O)N2CCC(C3CC3c3nccnc3C)C2)c1F. The van der Waals surface area contributed by atoms with Gasteiger partial charge in [-0.25, -0.2) is 4.39 Å². The van der Waals surface area contributed by atoms with E-state index in [2.05, 4.69) is 9.97 Å². The third-order valence-corrected chi connectivity index (χ3v) is 6.17. The monoisotopic (exact) mass is 367 g/mol. The minimum atomic E-state index is -0.218. The maximum atomic E-state index is 14.4. The zero-order valence-electron chi connectivity index (χ0n) is 16.0. The summed E-state index contributed by atoms with van der Waals surface area (Å²) in [5.41, 5.74) is 3.33. The average Bonchev–Trinajstić information content (AvgIpc) is 3.30. The summed E-state index contributed by atoms with van der Waals surface area (Å²) in [5, 5.41) is 0. The van der Waals surface area contributed by atoms with Gasteiger partial charge in [-0.3, -0.25) is 14.8 Å². The van der Waals surface area contributed by atoms with Crippen LogP contribution < -0.4 is 0 Å². The second kappa shape index (κ2) is 7.37. The van der Waals surface area contributed by atoms with Gasteiger partial charge >= 0.3 is 0 Å². The Morgan fingerprint density at radius 1 is 1.26 bits per heavy atom. The molecule has 0 bridgehead atoms. The molecule has 1 aromatic carbocycles. The van der Waals surface area contributed by atoms with Crippen LogP contribution in [0.15, 0.2) is 30.6 Å². The fourth-order valence-electron chi connectivity index (χ4n) is 4.51. The van der Waals surface area contributed by atoms with Gasteiger partial charge in [-0.15, -0.1) is 0 Å². The van der Waals surface area contributed by atoms with Crippen LogP contribution in [0.1, 0.15) is 48.2 Å². The van der Waals surface area contributed by atoms with Gasteiger partial charge < -0.3 is 4.90 Å². The van der Waals surface area contributed by atoms with E-state index >= 15 is 0 Å². The minimum Gasteiger partial charge on any atom is -0.342 e. The van der Waals surface area contributed by atoms with E-state index < -0.39 is 0 Å². The van der Waals surface area contributed by atoms with Crippen molar-refractivity contribution in [3.63, 3.8) is 0 Å². The number of aryl methyl sites for hydroxylation is 2. The van der Waals surface area contributed by atoms with E-state index in [0.717, 1.165) is 37.3 Å². The predicted octanol–water partition coefficient (Wildman–Crippen LogP) is 3.68. The summed E-state index contributed by atoms with van der Waals surface area (Å²) in [5.74, 6) is 1.42. The van der Waals surface area contributed by atoms with Gasteiger partial charge in [0.1, 0.15) is 5.82 Å². The number of nitrogens with zero attached hydrogens (tertiary/aromatic N) is 3. The molecular formula is C22H26FN3O. The Hall–Kier alpha value is -2.30. The lowest BCUT2D eigenvalue weighted by molar-refractivity contribution is -0.129. The van der Waals surface area contributed by atoms with E-state index in [1.807, 2.05) is 24.8 Å². The Morgan fingerprint density at radius 2 is 2.04 bits per heavy atom. The quantitative estimate of drug-likeness (QED) is 0.810. The van der Waals surface area contributed by atoms with Crippen LogP contribution in [0.25, 0.3) is 0 Å². The van der Waals surface area contributed by atoms with E-state index in [4.69, 9.17) is 0 Å². The van der Waals surface area contributed by atoms with Gasteiger partial charge in [0.2, 0.25) is 5.91 Å². The van der Waals surface area contributed by atoms with Gasteiger partial charge in [-0.2, -0.15) is 0 Å². The highest BCUT2D eigenvalue weighted by Crippen LogP contribution is 2.53. The summed E-state index contributed by atoms with van der Waals surface area (Å²) in [6.45, 7) is 5.51. The van der Waals surface area contributed by atoms with Crippen molar-refractivity contribution in [2.24, 2.45) is 11.8 Å². The topological polar surface area (TPSA) is 46.1 Å². The molecule has 142 valence electrons. The van der Waals surface area contributed by atoms with E-state index in [9.17, 15) is 9.18 Å². The van der Waals surface area contributed by atoms with Crippen molar-refractivity contribution in [1.82, 2.24) is 14.9 Å². The summed E-state index contributed by atoms with van der Waals surface area (Å²) >= 11 is 0. The second-order valence-electron chi connectivity index (χ2n) is 7.84. The molecule has 4 rings (SSSR count). The van der Waals surface area contributed by atoms with Crippen LogP contribution in [0, 0.1) is 24.6 Å². The van der Waals surface area contributed by atoms with Crippen molar-refractivity contribution >= 4 is 5.91 Å². The summed E-state index contributed by atoms with van der Waals surface area (Å²) in [4.78, 5) is 23.5. The van der Waals surface area contributed by atoms with Gasteiger partial charge in [0.25, 0.3) is 0 Å². The fourth-order valence-corrected chi connectivity index (χ4v) is 4.51. The number of benzene rings is 1. The van der Waals surface area contributed by atoms with E-state index in [-0.39, 0.29) is 18.1 Å². The Bertz CT molecular complexity index is 853. The van der Waals surface area contributed by atoms with Crippen molar-refractivity contribution in [2.45, 2.75) is 45.4 Å². The van der Waals surface area contributed by atoms with Crippen LogP contribution in [0.2, 0.25) is 0 Å². The number of carbonyl (C=O) groups excluding carboxylic acids is 1. The molecule has 1 amide bonds. The third-order valence-electron chi connectivity index (χ3n) is 6.17. The van der Waals surface area contributed by atoms with Crippen molar-refractivity contribution in [3.05, 3.63) is 58.9 Å². The highest BCUT2D eigenvalue weighted by Gasteiger charge is 2.47. The molecule has 2 heterocycles. The number of likely N-dealkylation sites (tertiary alicyclic amines) is 1. The molecule has 0 spiro atoms. The van der Waals surface area contributed by atoms with Crippen LogP contribution in [-0.4, -0.2) is 33.9 Å². The van der Waals surface area contributed by atoms with Crippen molar-refractivity contribution < 1.29 is 9.18 Å². The molecule has 1 aliphatic carbocycles. The zero-order valence-corrected chi connectivity index (χ0v) is 16.0. The molecule has 2 fully saturated rings. The van der Waals surface area contributed by atoms with Crippen LogP contribution >= 0.6 is 0 Å². The number of hydrogen-bond acceptors (Lipinski definition) is 3. The van der Waals surface area contributed by atoms with Crippen LogP contribution in [-0.2, 0) is 17.6 Å². The molecule has 4 nitrogen and oxygen atoms in total. The highest BCUT2D eigenvalue weighted by atomic mass is 19.1. The average molecular weight is 367 g/mol.